The van der Waals surface area contributed by atoms with Gasteiger partial charge in [0, 0.05) is 13.1 Å². The molecule has 0 fully saturated rings. The Bertz CT molecular complexity index is 826. The van der Waals surface area contributed by atoms with Crippen LogP contribution in [0.3, 0.4) is 0 Å². The van der Waals surface area contributed by atoms with E-state index in [1.165, 1.54) is 22.5 Å². The van der Waals surface area contributed by atoms with Crippen LogP contribution in [-0.2, 0) is 17.8 Å². The summed E-state index contributed by atoms with van der Waals surface area (Å²) in [5.41, 5.74) is 3.47. The first-order chi connectivity index (χ1) is 11.3. The SMILES string of the molecule is O=C(COc1nc2ccccc2s1)N1CCc2ccccc2C1. The van der Waals surface area contributed by atoms with Crippen LogP contribution in [0.2, 0.25) is 0 Å². The molecular weight excluding hydrogens is 308 g/mol. The zero-order valence-electron chi connectivity index (χ0n) is 12.6. The molecule has 2 heterocycles. The van der Waals surface area contributed by atoms with E-state index in [2.05, 4.69) is 17.1 Å². The molecule has 1 aliphatic heterocycles. The molecule has 3 aromatic rings. The van der Waals surface area contributed by atoms with E-state index >= 15 is 0 Å². The van der Waals surface area contributed by atoms with Gasteiger partial charge in [-0.15, -0.1) is 0 Å². The fourth-order valence-electron chi connectivity index (χ4n) is 2.84. The fraction of sp³-hybridized carbons (Fsp3) is 0.222. The normalized spacial score (nSPS) is 13.8. The number of carbonyl (C=O) groups excluding carboxylic acids is 1. The third-order valence-corrected chi connectivity index (χ3v) is 5.03. The Balaban J connectivity index is 1.40. The number of nitrogens with zero attached hydrogens (tertiary/aromatic N) is 2. The van der Waals surface area contributed by atoms with E-state index in [1.54, 1.807) is 0 Å². The molecule has 0 saturated heterocycles. The van der Waals surface area contributed by atoms with Gasteiger partial charge in [-0.25, -0.2) is 4.98 Å². The molecule has 0 radical (unpaired) electrons. The van der Waals surface area contributed by atoms with Gasteiger partial charge >= 0.3 is 0 Å². The smallest absolute Gasteiger partial charge is 0.274 e. The Kier molecular flexibility index (Phi) is 3.71. The quantitative estimate of drug-likeness (QED) is 0.743. The number of carbonyl (C=O) groups is 1. The molecule has 1 aliphatic rings. The molecule has 0 unspecified atom stereocenters. The van der Waals surface area contributed by atoms with E-state index in [4.69, 9.17) is 4.74 Å². The minimum atomic E-state index is 0.0127. The first-order valence-electron chi connectivity index (χ1n) is 7.62. The molecule has 0 bridgehead atoms. The van der Waals surface area contributed by atoms with Gasteiger partial charge in [-0.1, -0.05) is 47.7 Å². The average Bonchev–Trinajstić information content (AvgIpc) is 3.02. The molecule has 116 valence electrons. The second kappa shape index (κ2) is 6.01. The molecule has 0 atom stereocenters. The van der Waals surface area contributed by atoms with Crippen molar-refractivity contribution in [3.8, 4) is 5.19 Å². The minimum Gasteiger partial charge on any atom is -0.460 e. The van der Waals surface area contributed by atoms with Gasteiger partial charge < -0.3 is 9.64 Å². The van der Waals surface area contributed by atoms with Crippen LogP contribution in [0.15, 0.2) is 48.5 Å². The predicted molar refractivity (Wildman–Crippen MR) is 90.7 cm³/mol. The van der Waals surface area contributed by atoms with Crippen molar-refractivity contribution in [2.24, 2.45) is 0 Å². The van der Waals surface area contributed by atoms with Crippen molar-refractivity contribution >= 4 is 27.5 Å². The first-order valence-corrected chi connectivity index (χ1v) is 8.44. The summed E-state index contributed by atoms with van der Waals surface area (Å²) >= 11 is 1.47. The van der Waals surface area contributed by atoms with Crippen LogP contribution in [0.4, 0.5) is 0 Å². The zero-order valence-corrected chi connectivity index (χ0v) is 13.4. The van der Waals surface area contributed by atoms with E-state index in [0.717, 1.165) is 23.2 Å². The van der Waals surface area contributed by atoms with Gasteiger partial charge in [-0.3, -0.25) is 4.79 Å². The van der Waals surface area contributed by atoms with Gasteiger partial charge in [0.2, 0.25) is 0 Å². The summed E-state index contributed by atoms with van der Waals surface area (Å²) in [6, 6.07) is 16.2. The molecule has 2 aromatic carbocycles. The van der Waals surface area contributed by atoms with Crippen molar-refractivity contribution in [2.45, 2.75) is 13.0 Å². The van der Waals surface area contributed by atoms with E-state index in [9.17, 15) is 4.79 Å². The third kappa shape index (κ3) is 2.92. The maximum absolute atomic E-state index is 12.4. The number of fused-ring (bicyclic) bond motifs is 2. The molecule has 5 heteroatoms. The molecule has 0 saturated carbocycles. The topological polar surface area (TPSA) is 42.4 Å². The highest BCUT2D eigenvalue weighted by molar-refractivity contribution is 7.20. The van der Waals surface area contributed by atoms with Gasteiger partial charge in [0.05, 0.1) is 10.2 Å². The monoisotopic (exact) mass is 324 g/mol. The lowest BCUT2D eigenvalue weighted by Crippen LogP contribution is -2.38. The minimum absolute atomic E-state index is 0.0127. The Morgan fingerprint density at radius 2 is 1.91 bits per heavy atom. The van der Waals surface area contributed by atoms with Crippen LogP contribution in [-0.4, -0.2) is 28.9 Å². The summed E-state index contributed by atoms with van der Waals surface area (Å²) in [5.74, 6) is 0.0127. The Morgan fingerprint density at radius 3 is 2.78 bits per heavy atom. The van der Waals surface area contributed by atoms with Crippen molar-refractivity contribution < 1.29 is 9.53 Å². The summed E-state index contributed by atoms with van der Waals surface area (Å²) < 4.78 is 6.68. The van der Waals surface area contributed by atoms with Crippen LogP contribution in [0.1, 0.15) is 11.1 Å². The number of para-hydroxylation sites is 1. The molecule has 0 N–H and O–H groups in total. The summed E-state index contributed by atoms with van der Waals surface area (Å²) in [6.07, 6.45) is 0.906. The first kappa shape index (κ1) is 14.2. The third-order valence-electron chi connectivity index (χ3n) is 4.08. The number of aromatic nitrogens is 1. The molecule has 1 aromatic heterocycles. The number of thiazole rings is 1. The van der Waals surface area contributed by atoms with Crippen molar-refractivity contribution in [3.05, 3.63) is 59.7 Å². The van der Waals surface area contributed by atoms with E-state index in [0.29, 0.717) is 11.7 Å². The maximum atomic E-state index is 12.4. The number of rotatable bonds is 3. The largest absolute Gasteiger partial charge is 0.460 e. The Hall–Kier alpha value is -2.40. The molecule has 0 spiro atoms. The van der Waals surface area contributed by atoms with E-state index in [1.807, 2.05) is 41.3 Å². The zero-order chi connectivity index (χ0) is 15.6. The van der Waals surface area contributed by atoms with Crippen LogP contribution in [0.25, 0.3) is 10.2 Å². The maximum Gasteiger partial charge on any atom is 0.274 e. The fourth-order valence-corrected chi connectivity index (χ4v) is 3.65. The number of hydrogen-bond donors (Lipinski definition) is 0. The summed E-state index contributed by atoms with van der Waals surface area (Å²) in [6.45, 7) is 1.46. The molecule has 4 nitrogen and oxygen atoms in total. The molecule has 1 amide bonds. The van der Waals surface area contributed by atoms with Gasteiger partial charge in [0.1, 0.15) is 0 Å². The lowest BCUT2D eigenvalue weighted by molar-refractivity contribution is -0.134. The van der Waals surface area contributed by atoms with Crippen molar-refractivity contribution in [1.82, 2.24) is 9.88 Å². The second-order valence-electron chi connectivity index (χ2n) is 5.57. The van der Waals surface area contributed by atoms with E-state index < -0.39 is 0 Å². The van der Waals surface area contributed by atoms with Gasteiger partial charge in [-0.05, 0) is 29.7 Å². The van der Waals surface area contributed by atoms with Gasteiger partial charge in [0.25, 0.3) is 11.1 Å². The van der Waals surface area contributed by atoms with Crippen molar-refractivity contribution in [3.63, 3.8) is 0 Å². The van der Waals surface area contributed by atoms with E-state index in [-0.39, 0.29) is 12.5 Å². The van der Waals surface area contributed by atoms with Crippen LogP contribution >= 0.6 is 11.3 Å². The molecular formula is C18H16N2O2S. The number of amides is 1. The summed E-state index contributed by atoms with van der Waals surface area (Å²) in [7, 11) is 0. The highest BCUT2D eigenvalue weighted by Gasteiger charge is 2.21. The van der Waals surface area contributed by atoms with Gasteiger partial charge in [0.15, 0.2) is 6.61 Å². The Labute approximate surface area is 138 Å². The van der Waals surface area contributed by atoms with Crippen LogP contribution in [0.5, 0.6) is 5.19 Å². The number of benzene rings is 2. The van der Waals surface area contributed by atoms with Crippen molar-refractivity contribution in [1.29, 1.82) is 0 Å². The molecule has 0 aliphatic carbocycles. The predicted octanol–water partition coefficient (Wildman–Crippen LogP) is 3.26. The van der Waals surface area contributed by atoms with Crippen LogP contribution in [0, 0.1) is 0 Å². The summed E-state index contributed by atoms with van der Waals surface area (Å²) in [5, 5.41) is 0.553. The Morgan fingerprint density at radius 1 is 1.13 bits per heavy atom. The average molecular weight is 324 g/mol. The molecule has 23 heavy (non-hydrogen) atoms. The van der Waals surface area contributed by atoms with Gasteiger partial charge in [-0.2, -0.15) is 0 Å². The lowest BCUT2D eigenvalue weighted by atomic mass is 10.00. The molecule has 4 rings (SSSR count). The standard InChI is InChI=1S/C18H16N2O2S/c21-17(20-10-9-13-5-1-2-6-14(13)11-20)12-22-18-19-15-7-3-4-8-16(15)23-18/h1-8H,9-12H2. The summed E-state index contributed by atoms with van der Waals surface area (Å²) in [4.78, 5) is 18.6. The number of ether oxygens (including phenoxy) is 1. The number of hydrogen-bond acceptors (Lipinski definition) is 4. The lowest BCUT2D eigenvalue weighted by Gasteiger charge is -2.28. The van der Waals surface area contributed by atoms with Crippen LogP contribution < -0.4 is 4.74 Å². The highest BCUT2D eigenvalue weighted by atomic mass is 32.1. The highest BCUT2D eigenvalue weighted by Crippen LogP contribution is 2.27. The second-order valence-corrected chi connectivity index (χ2v) is 6.56. The van der Waals surface area contributed by atoms with Crippen molar-refractivity contribution in [2.75, 3.05) is 13.2 Å².